The Hall–Kier alpha value is -1.77. The zero-order valence-electron chi connectivity index (χ0n) is 11.5. The molecule has 1 heterocycles. The summed E-state index contributed by atoms with van der Waals surface area (Å²) in [7, 11) is 0. The first-order chi connectivity index (χ1) is 8.67. The number of hydrogen-bond donors (Lipinski definition) is 1. The van der Waals surface area contributed by atoms with Crippen LogP contribution in [-0.4, -0.2) is 15.6 Å². The first-order valence-electron chi connectivity index (χ1n) is 6.52. The molecular formula is C15H21NO2. The van der Waals surface area contributed by atoms with E-state index in [1.54, 1.807) is 6.07 Å². The van der Waals surface area contributed by atoms with Crippen LogP contribution in [0.25, 0.3) is 10.9 Å². The number of rotatable bonds is 3. The Morgan fingerprint density at radius 1 is 1.22 bits per heavy atom. The van der Waals surface area contributed by atoms with Crippen LogP contribution in [0.15, 0.2) is 24.3 Å². The monoisotopic (exact) mass is 247 g/mol. The topological polar surface area (TPSA) is 42.2 Å². The van der Waals surface area contributed by atoms with Gasteiger partial charge in [0.15, 0.2) is 0 Å². The minimum absolute atomic E-state index is 0.366. The van der Waals surface area contributed by atoms with Gasteiger partial charge in [0, 0.05) is 17.4 Å². The molecule has 0 saturated carbocycles. The molecule has 18 heavy (non-hydrogen) atoms. The maximum Gasteiger partial charge on any atom is 0.352 e. The van der Waals surface area contributed by atoms with Crippen molar-refractivity contribution < 1.29 is 9.90 Å². The molecule has 2 aromatic rings. The quantitative estimate of drug-likeness (QED) is 0.892. The summed E-state index contributed by atoms with van der Waals surface area (Å²) < 4.78 is 1.83. The van der Waals surface area contributed by atoms with Crippen molar-refractivity contribution in [2.24, 2.45) is 0 Å². The third-order valence-electron chi connectivity index (χ3n) is 2.91. The maximum atomic E-state index is 11.1. The Morgan fingerprint density at radius 3 is 2.39 bits per heavy atom. The van der Waals surface area contributed by atoms with E-state index in [-0.39, 0.29) is 0 Å². The lowest BCUT2D eigenvalue weighted by atomic mass is 10.1. The average Bonchev–Trinajstić information content (AvgIpc) is 2.78. The molecule has 0 aliphatic carbocycles. The number of carboxylic acids is 1. The van der Waals surface area contributed by atoms with Gasteiger partial charge in [-0.05, 0) is 37.1 Å². The molecule has 2 rings (SSSR count). The van der Waals surface area contributed by atoms with Gasteiger partial charge in [-0.2, -0.15) is 0 Å². The van der Waals surface area contributed by atoms with Gasteiger partial charge in [0.1, 0.15) is 5.69 Å². The molecule has 3 nitrogen and oxygen atoms in total. The van der Waals surface area contributed by atoms with E-state index in [0.717, 1.165) is 17.3 Å². The Bertz CT molecular complexity index is 541. The van der Waals surface area contributed by atoms with E-state index >= 15 is 0 Å². The van der Waals surface area contributed by atoms with Crippen molar-refractivity contribution in [2.75, 3.05) is 0 Å². The highest BCUT2D eigenvalue weighted by atomic mass is 16.4. The third-order valence-corrected chi connectivity index (χ3v) is 2.91. The van der Waals surface area contributed by atoms with Gasteiger partial charge >= 0.3 is 5.97 Å². The van der Waals surface area contributed by atoms with Crippen LogP contribution in [-0.2, 0) is 13.0 Å². The number of carbonyl (C=O) groups is 1. The van der Waals surface area contributed by atoms with E-state index in [2.05, 4.69) is 19.1 Å². The lowest BCUT2D eigenvalue weighted by Gasteiger charge is -2.04. The second kappa shape index (κ2) is 6.24. The fourth-order valence-corrected chi connectivity index (χ4v) is 2.06. The van der Waals surface area contributed by atoms with Crippen molar-refractivity contribution >= 4 is 16.9 Å². The molecular weight excluding hydrogens is 226 g/mol. The minimum atomic E-state index is -0.865. The van der Waals surface area contributed by atoms with Gasteiger partial charge < -0.3 is 9.67 Å². The number of hydrogen-bond acceptors (Lipinski definition) is 1. The highest BCUT2D eigenvalue weighted by Gasteiger charge is 2.13. The van der Waals surface area contributed by atoms with E-state index in [1.807, 2.05) is 31.4 Å². The van der Waals surface area contributed by atoms with Crippen molar-refractivity contribution in [3.63, 3.8) is 0 Å². The molecule has 0 fully saturated rings. The summed E-state index contributed by atoms with van der Waals surface area (Å²) in [5.74, 6) is -0.865. The van der Waals surface area contributed by atoms with Crippen LogP contribution in [0.3, 0.4) is 0 Å². The van der Waals surface area contributed by atoms with E-state index < -0.39 is 5.97 Å². The van der Waals surface area contributed by atoms with Gasteiger partial charge in [0.2, 0.25) is 0 Å². The van der Waals surface area contributed by atoms with Crippen molar-refractivity contribution in [3.8, 4) is 0 Å². The smallest absolute Gasteiger partial charge is 0.352 e. The summed E-state index contributed by atoms with van der Waals surface area (Å²) >= 11 is 0. The predicted molar refractivity (Wildman–Crippen MR) is 75.3 cm³/mol. The first-order valence-corrected chi connectivity index (χ1v) is 6.52. The van der Waals surface area contributed by atoms with Gasteiger partial charge in [-0.1, -0.05) is 26.8 Å². The normalized spacial score (nSPS) is 10.0. The fraction of sp³-hybridized carbons (Fsp3) is 0.400. The standard InChI is InChI=1S/C13H15NO2.C2H6/c1-3-9-5-6-11-10(7-9)8-12(13(15)16)14(11)4-2;1-2/h5-8H,3-4H2,1-2H3,(H,15,16);1-2H3. The Morgan fingerprint density at radius 2 is 1.89 bits per heavy atom. The maximum absolute atomic E-state index is 11.1. The van der Waals surface area contributed by atoms with Crippen LogP contribution >= 0.6 is 0 Å². The SMILES string of the molecule is CC.CCc1ccc2c(c1)cc(C(=O)O)n2CC. The molecule has 0 aliphatic heterocycles. The van der Waals surface area contributed by atoms with Gasteiger partial charge in [0.05, 0.1) is 0 Å². The molecule has 98 valence electrons. The van der Waals surface area contributed by atoms with Gasteiger partial charge in [-0.25, -0.2) is 4.79 Å². The molecule has 1 N–H and O–H groups in total. The lowest BCUT2D eigenvalue weighted by molar-refractivity contribution is 0.0686. The molecule has 0 unspecified atom stereocenters. The first kappa shape index (κ1) is 14.3. The summed E-state index contributed by atoms with van der Waals surface area (Å²) in [5.41, 5.74) is 2.60. The van der Waals surface area contributed by atoms with Crippen molar-refractivity contribution in [2.45, 2.75) is 40.7 Å². The molecule has 1 aromatic carbocycles. The lowest BCUT2D eigenvalue weighted by Crippen LogP contribution is -2.06. The summed E-state index contributed by atoms with van der Waals surface area (Å²) in [6.45, 7) is 8.73. The number of carboxylic acid groups (broad SMARTS) is 1. The predicted octanol–water partition coefficient (Wildman–Crippen LogP) is 3.95. The van der Waals surface area contributed by atoms with Crippen molar-refractivity contribution in [3.05, 3.63) is 35.5 Å². The van der Waals surface area contributed by atoms with Crippen LogP contribution in [0.2, 0.25) is 0 Å². The molecule has 1 aromatic heterocycles. The Kier molecular flexibility index (Phi) is 4.95. The molecule has 0 amide bonds. The summed E-state index contributed by atoms with van der Waals surface area (Å²) in [6, 6.07) is 7.87. The molecule has 0 bridgehead atoms. The van der Waals surface area contributed by atoms with E-state index in [1.165, 1.54) is 5.56 Å². The number of benzene rings is 1. The van der Waals surface area contributed by atoms with Crippen LogP contribution in [0, 0.1) is 0 Å². The van der Waals surface area contributed by atoms with Crippen molar-refractivity contribution in [1.82, 2.24) is 4.57 Å². The summed E-state index contributed by atoms with van der Waals surface area (Å²) in [4.78, 5) is 11.1. The molecule has 0 radical (unpaired) electrons. The number of aryl methyl sites for hydroxylation is 2. The average molecular weight is 247 g/mol. The second-order valence-corrected chi connectivity index (χ2v) is 3.83. The number of aromatic nitrogens is 1. The van der Waals surface area contributed by atoms with E-state index in [9.17, 15) is 4.79 Å². The molecule has 0 saturated heterocycles. The Labute approximate surface area is 108 Å². The van der Waals surface area contributed by atoms with Crippen LogP contribution in [0.5, 0.6) is 0 Å². The minimum Gasteiger partial charge on any atom is -0.477 e. The third kappa shape index (κ3) is 2.55. The van der Waals surface area contributed by atoms with Crippen LogP contribution in [0.1, 0.15) is 43.7 Å². The second-order valence-electron chi connectivity index (χ2n) is 3.83. The Balaban J connectivity index is 0.000000771. The molecule has 0 spiro atoms. The summed E-state index contributed by atoms with van der Waals surface area (Å²) in [5, 5.41) is 10.1. The van der Waals surface area contributed by atoms with Crippen LogP contribution < -0.4 is 0 Å². The largest absolute Gasteiger partial charge is 0.477 e. The summed E-state index contributed by atoms with van der Waals surface area (Å²) in [6.07, 6.45) is 0.968. The molecule has 3 heteroatoms. The molecule has 0 aliphatic rings. The highest BCUT2D eigenvalue weighted by Crippen LogP contribution is 2.21. The van der Waals surface area contributed by atoms with Gasteiger partial charge in [-0.3, -0.25) is 0 Å². The number of nitrogens with zero attached hydrogens (tertiary/aromatic N) is 1. The van der Waals surface area contributed by atoms with E-state index in [4.69, 9.17) is 5.11 Å². The number of aromatic carboxylic acids is 1. The van der Waals surface area contributed by atoms with Crippen LogP contribution in [0.4, 0.5) is 0 Å². The number of fused-ring (bicyclic) bond motifs is 1. The van der Waals surface area contributed by atoms with Gasteiger partial charge in [0.25, 0.3) is 0 Å². The van der Waals surface area contributed by atoms with E-state index in [0.29, 0.717) is 12.2 Å². The van der Waals surface area contributed by atoms with Gasteiger partial charge in [-0.15, -0.1) is 0 Å². The zero-order chi connectivity index (χ0) is 13.7. The zero-order valence-corrected chi connectivity index (χ0v) is 11.5. The molecule has 0 atom stereocenters. The highest BCUT2D eigenvalue weighted by molar-refractivity contribution is 5.94. The van der Waals surface area contributed by atoms with Crippen molar-refractivity contribution in [1.29, 1.82) is 0 Å². The fourth-order valence-electron chi connectivity index (χ4n) is 2.06.